The van der Waals surface area contributed by atoms with Crippen LogP contribution in [0.15, 0.2) is 60.8 Å². The SMILES string of the molecule is OC[C@@]1(O)CCCN(Cc2ccc3ccn(Cc4ccccc4)c3c2)CC1. The fourth-order valence-electron chi connectivity index (χ4n) is 4.06. The van der Waals surface area contributed by atoms with Crippen molar-refractivity contribution in [1.29, 1.82) is 0 Å². The van der Waals surface area contributed by atoms with Gasteiger partial charge in [-0.15, -0.1) is 0 Å². The molecule has 0 spiro atoms. The molecule has 2 N–H and O–H groups in total. The van der Waals surface area contributed by atoms with Gasteiger partial charge in [-0.2, -0.15) is 0 Å². The normalized spacial score (nSPS) is 21.4. The van der Waals surface area contributed by atoms with Crippen molar-refractivity contribution in [2.75, 3.05) is 19.7 Å². The first-order valence-corrected chi connectivity index (χ1v) is 9.83. The summed E-state index contributed by atoms with van der Waals surface area (Å²) in [6.45, 7) is 3.40. The number of benzene rings is 2. The molecule has 1 saturated heterocycles. The van der Waals surface area contributed by atoms with Gasteiger partial charge in [-0.3, -0.25) is 4.90 Å². The minimum atomic E-state index is -0.900. The summed E-state index contributed by atoms with van der Waals surface area (Å²) in [6.07, 6.45) is 4.40. The molecule has 2 heterocycles. The predicted octanol–water partition coefficient (Wildman–Crippen LogP) is 3.40. The molecule has 1 fully saturated rings. The number of rotatable bonds is 5. The van der Waals surface area contributed by atoms with Gasteiger partial charge < -0.3 is 14.8 Å². The second-order valence-corrected chi connectivity index (χ2v) is 7.83. The van der Waals surface area contributed by atoms with E-state index < -0.39 is 5.60 Å². The highest BCUT2D eigenvalue weighted by molar-refractivity contribution is 5.81. The summed E-state index contributed by atoms with van der Waals surface area (Å²) >= 11 is 0. The summed E-state index contributed by atoms with van der Waals surface area (Å²) in [4.78, 5) is 2.39. The molecule has 0 aliphatic carbocycles. The lowest BCUT2D eigenvalue weighted by Gasteiger charge is -2.24. The summed E-state index contributed by atoms with van der Waals surface area (Å²) < 4.78 is 2.31. The van der Waals surface area contributed by atoms with Gasteiger partial charge in [-0.25, -0.2) is 0 Å². The van der Waals surface area contributed by atoms with Gasteiger partial charge in [-0.1, -0.05) is 42.5 Å². The molecule has 0 radical (unpaired) electrons. The van der Waals surface area contributed by atoms with Crippen molar-refractivity contribution in [3.05, 3.63) is 71.9 Å². The summed E-state index contributed by atoms with van der Waals surface area (Å²) in [7, 11) is 0. The Morgan fingerprint density at radius 2 is 1.74 bits per heavy atom. The maximum absolute atomic E-state index is 10.4. The molecule has 142 valence electrons. The summed E-state index contributed by atoms with van der Waals surface area (Å²) in [6, 6.07) is 19.4. The highest BCUT2D eigenvalue weighted by Gasteiger charge is 2.29. The molecule has 3 aromatic rings. The Morgan fingerprint density at radius 3 is 2.56 bits per heavy atom. The van der Waals surface area contributed by atoms with Gasteiger partial charge in [0, 0.05) is 31.3 Å². The number of aliphatic hydroxyl groups excluding tert-OH is 1. The van der Waals surface area contributed by atoms with E-state index in [1.807, 2.05) is 0 Å². The number of hydrogen-bond acceptors (Lipinski definition) is 3. The zero-order chi connectivity index (χ0) is 18.7. The number of fused-ring (bicyclic) bond motifs is 1. The lowest BCUT2D eigenvalue weighted by molar-refractivity contribution is -0.0255. The van der Waals surface area contributed by atoms with Crippen molar-refractivity contribution in [3.8, 4) is 0 Å². The molecular weight excluding hydrogens is 336 g/mol. The molecule has 4 nitrogen and oxygen atoms in total. The van der Waals surface area contributed by atoms with Crippen LogP contribution in [0.25, 0.3) is 10.9 Å². The van der Waals surface area contributed by atoms with Crippen LogP contribution < -0.4 is 0 Å². The second kappa shape index (κ2) is 7.85. The third-order valence-corrected chi connectivity index (χ3v) is 5.74. The van der Waals surface area contributed by atoms with Gasteiger partial charge in [0.25, 0.3) is 0 Å². The van der Waals surface area contributed by atoms with E-state index in [0.717, 1.165) is 32.6 Å². The maximum Gasteiger partial charge on any atom is 0.0890 e. The van der Waals surface area contributed by atoms with Crippen LogP contribution in [0.3, 0.4) is 0 Å². The van der Waals surface area contributed by atoms with Gasteiger partial charge in [0.15, 0.2) is 0 Å². The first-order chi connectivity index (χ1) is 13.1. The van der Waals surface area contributed by atoms with Crippen molar-refractivity contribution in [1.82, 2.24) is 9.47 Å². The monoisotopic (exact) mass is 364 g/mol. The zero-order valence-electron chi connectivity index (χ0n) is 15.7. The van der Waals surface area contributed by atoms with E-state index in [0.29, 0.717) is 12.8 Å². The molecule has 2 aromatic carbocycles. The van der Waals surface area contributed by atoms with E-state index in [2.05, 4.69) is 70.3 Å². The molecule has 4 heteroatoms. The topological polar surface area (TPSA) is 48.6 Å². The Morgan fingerprint density at radius 1 is 0.889 bits per heavy atom. The van der Waals surface area contributed by atoms with E-state index >= 15 is 0 Å². The Labute approximate surface area is 160 Å². The molecule has 4 rings (SSSR count). The Balaban J connectivity index is 1.50. The number of nitrogens with zero attached hydrogens (tertiary/aromatic N) is 2. The molecule has 1 atom stereocenters. The van der Waals surface area contributed by atoms with Crippen LogP contribution in [0, 0.1) is 0 Å². The van der Waals surface area contributed by atoms with Crippen LogP contribution in [-0.2, 0) is 13.1 Å². The Hall–Kier alpha value is -2.14. The molecule has 1 aromatic heterocycles. The van der Waals surface area contributed by atoms with E-state index in [-0.39, 0.29) is 6.61 Å². The number of likely N-dealkylation sites (tertiary alicyclic amines) is 1. The van der Waals surface area contributed by atoms with Crippen LogP contribution >= 0.6 is 0 Å². The molecular formula is C23H28N2O2. The molecule has 1 aliphatic heterocycles. The van der Waals surface area contributed by atoms with Gasteiger partial charge in [0.05, 0.1) is 12.2 Å². The molecule has 1 aliphatic rings. The quantitative estimate of drug-likeness (QED) is 0.729. The third-order valence-electron chi connectivity index (χ3n) is 5.74. The van der Waals surface area contributed by atoms with Crippen molar-refractivity contribution >= 4 is 10.9 Å². The van der Waals surface area contributed by atoms with Gasteiger partial charge >= 0.3 is 0 Å². The Bertz CT molecular complexity index is 890. The van der Waals surface area contributed by atoms with Crippen molar-refractivity contribution in [2.24, 2.45) is 0 Å². The highest BCUT2D eigenvalue weighted by atomic mass is 16.3. The van der Waals surface area contributed by atoms with Crippen LogP contribution in [0.5, 0.6) is 0 Å². The average Bonchev–Trinajstić information content (AvgIpc) is 2.98. The van der Waals surface area contributed by atoms with Crippen molar-refractivity contribution < 1.29 is 10.2 Å². The summed E-state index contributed by atoms with van der Waals surface area (Å²) in [5, 5.41) is 21.0. The van der Waals surface area contributed by atoms with Crippen LogP contribution in [0.1, 0.15) is 30.4 Å². The van der Waals surface area contributed by atoms with Crippen LogP contribution in [-0.4, -0.2) is 45.0 Å². The molecule has 27 heavy (non-hydrogen) atoms. The zero-order valence-corrected chi connectivity index (χ0v) is 15.7. The third kappa shape index (κ3) is 4.24. The molecule has 0 saturated carbocycles. The van der Waals surface area contributed by atoms with E-state index in [4.69, 9.17) is 0 Å². The van der Waals surface area contributed by atoms with Crippen molar-refractivity contribution in [2.45, 2.75) is 38.0 Å². The fraction of sp³-hybridized carbons (Fsp3) is 0.391. The van der Waals surface area contributed by atoms with Gasteiger partial charge in [-0.05, 0) is 54.5 Å². The van der Waals surface area contributed by atoms with E-state index in [1.165, 1.54) is 22.0 Å². The van der Waals surface area contributed by atoms with Crippen molar-refractivity contribution in [3.63, 3.8) is 0 Å². The lowest BCUT2D eigenvalue weighted by atomic mass is 9.96. The van der Waals surface area contributed by atoms with Gasteiger partial charge in [0.2, 0.25) is 0 Å². The number of aliphatic hydroxyl groups is 2. The smallest absolute Gasteiger partial charge is 0.0890 e. The van der Waals surface area contributed by atoms with Crippen LogP contribution in [0.4, 0.5) is 0 Å². The molecule has 0 unspecified atom stereocenters. The minimum Gasteiger partial charge on any atom is -0.393 e. The van der Waals surface area contributed by atoms with E-state index in [9.17, 15) is 10.2 Å². The average molecular weight is 364 g/mol. The summed E-state index contributed by atoms with van der Waals surface area (Å²) in [5.41, 5.74) is 2.96. The second-order valence-electron chi connectivity index (χ2n) is 7.83. The van der Waals surface area contributed by atoms with Crippen LogP contribution in [0.2, 0.25) is 0 Å². The first-order valence-electron chi connectivity index (χ1n) is 9.83. The standard InChI is InChI=1S/C23H28N2O2/c26-18-23(27)10-4-12-24(14-11-23)16-20-7-8-21-9-13-25(22(21)15-20)17-19-5-2-1-3-6-19/h1-3,5-9,13,15,26-27H,4,10-12,14,16-18H2/t23-/m1/s1. The highest BCUT2D eigenvalue weighted by Crippen LogP contribution is 2.24. The first kappa shape index (κ1) is 18.2. The Kier molecular flexibility index (Phi) is 5.30. The number of hydrogen-bond donors (Lipinski definition) is 2. The lowest BCUT2D eigenvalue weighted by Crippen LogP contribution is -2.34. The molecule has 0 amide bonds. The van der Waals surface area contributed by atoms with E-state index in [1.54, 1.807) is 0 Å². The molecule has 0 bridgehead atoms. The predicted molar refractivity (Wildman–Crippen MR) is 109 cm³/mol. The summed E-state index contributed by atoms with van der Waals surface area (Å²) in [5.74, 6) is 0. The minimum absolute atomic E-state index is 0.139. The number of aromatic nitrogens is 1. The fourth-order valence-corrected chi connectivity index (χ4v) is 4.06. The van der Waals surface area contributed by atoms with Gasteiger partial charge in [0.1, 0.15) is 0 Å². The largest absolute Gasteiger partial charge is 0.393 e. The maximum atomic E-state index is 10.4.